The first kappa shape index (κ1) is 19.8. The van der Waals surface area contributed by atoms with Gasteiger partial charge in [-0.2, -0.15) is 0 Å². The molecule has 0 aliphatic carbocycles. The molecule has 0 saturated carbocycles. The molecule has 1 N–H and O–H groups in total. The molecule has 0 bridgehead atoms. The van der Waals surface area contributed by atoms with Gasteiger partial charge in [0.15, 0.2) is 0 Å². The molecule has 3 nitrogen and oxygen atoms in total. The van der Waals surface area contributed by atoms with Crippen LogP contribution in [0.25, 0.3) is 0 Å². The minimum atomic E-state index is -0.596. The number of allylic oxidation sites excluding steroid dienone is 2. The maximum atomic E-state index is 10.1. The quantitative estimate of drug-likeness (QED) is 0.441. The Morgan fingerprint density at radius 2 is 1.95 bits per heavy atom. The Morgan fingerprint density at radius 1 is 1.24 bits per heavy atom. The first-order chi connectivity index (χ1) is 10.1. The highest BCUT2D eigenvalue weighted by Gasteiger charge is 2.20. The summed E-state index contributed by atoms with van der Waals surface area (Å²) in [4.78, 5) is 0. The van der Waals surface area contributed by atoms with E-state index in [-0.39, 0.29) is 12.0 Å². The molecule has 0 aliphatic rings. The average molecular weight is 294 g/mol. The molecular weight excluding hydrogens is 264 g/mol. The summed E-state index contributed by atoms with van der Waals surface area (Å²) in [6.45, 7) is 12.5. The number of hydrogen-bond donors (Lipinski definition) is 1. The van der Waals surface area contributed by atoms with Crippen molar-refractivity contribution in [3.8, 4) is 0 Å². The van der Waals surface area contributed by atoms with E-state index in [2.05, 4.69) is 19.2 Å². The number of ether oxygens (including phenoxy) is 2. The largest absolute Gasteiger partial charge is 0.389 e. The zero-order valence-corrected chi connectivity index (χ0v) is 13.6. The number of aliphatic hydroxyl groups excluding tert-OH is 1. The fraction of sp³-hybridized carbons (Fsp3) is 0.556. The van der Waals surface area contributed by atoms with Crippen molar-refractivity contribution in [2.45, 2.75) is 38.9 Å². The Bertz CT molecular complexity index is 344. The number of unbranched alkanes of at least 4 members (excludes halogenated alkanes) is 1. The summed E-state index contributed by atoms with van der Waals surface area (Å²) in [5, 5.41) is 10.1. The van der Waals surface area contributed by atoms with Crippen LogP contribution in [-0.2, 0) is 9.47 Å². The molecule has 0 heterocycles. The molecule has 0 saturated heterocycles. The van der Waals surface area contributed by atoms with E-state index in [1.54, 1.807) is 13.2 Å². The Labute approximate surface area is 129 Å². The van der Waals surface area contributed by atoms with Crippen LogP contribution in [-0.4, -0.2) is 37.6 Å². The second kappa shape index (κ2) is 12.6. The van der Waals surface area contributed by atoms with Crippen LogP contribution in [0.15, 0.2) is 49.1 Å². The van der Waals surface area contributed by atoms with Crippen LogP contribution in [0.2, 0.25) is 0 Å². The standard InChI is InChI=1S/C18H30O3/c1-6-8-9-10-11-12-21-14-15(3)13-16(4)18(19)17(7-2)20-5/h6-7,10-11,13,16-19H,1-2,8-9,12,14H2,3-5H3/b11-10+,15-13-/t16-,17+,18+/m1/s1. The van der Waals surface area contributed by atoms with Crippen molar-refractivity contribution in [1.82, 2.24) is 0 Å². The predicted molar refractivity (Wildman–Crippen MR) is 89.3 cm³/mol. The van der Waals surface area contributed by atoms with Crippen LogP contribution < -0.4 is 0 Å². The van der Waals surface area contributed by atoms with Gasteiger partial charge in [-0.3, -0.25) is 0 Å². The SMILES string of the molecule is C=CCC/C=C/COC/C(C)=C\[C@@H](C)[C@H](O)[C@H](C=C)OC. The van der Waals surface area contributed by atoms with E-state index >= 15 is 0 Å². The van der Waals surface area contributed by atoms with Gasteiger partial charge in [0.2, 0.25) is 0 Å². The Kier molecular flexibility index (Phi) is 11.9. The van der Waals surface area contributed by atoms with Gasteiger partial charge in [0.25, 0.3) is 0 Å². The fourth-order valence-electron chi connectivity index (χ4n) is 1.96. The summed E-state index contributed by atoms with van der Waals surface area (Å²) >= 11 is 0. The van der Waals surface area contributed by atoms with Crippen LogP contribution >= 0.6 is 0 Å². The molecule has 3 atom stereocenters. The maximum Gasteiger partial charge on any atom is 0.101 e. The second-order valence-electron chi connectivity index (χ2n) is 5.15. The maximum absolute atomic E-state index is 10.1. The van der Waals surface area contributed by atoms with Gasteiger partial charge in [0.1, 0.15) is 6.10 Å². The molecule has 0 rings (SSSR count). The molecule has 21 heavy (non-hydrogen) atoms. The monoisotopic (exact) mass is 294 g/mol. The number of hydrogen-bond acceptors (Lipinski definition) is 3. The fourth-order valence-corrected chi connectivity index (χ4v) is 1.96. The van der Waals surface area contributed by atoms with Gasteiger partial charge in [-0.05, 0) is 19.8 Å². The molecule has 0 spiro atoms. The molecule has 0 aromatic carbocycles. The molecule has 0 aromatic heterocycles. The van der Waals surface area contributed by atoms with Crippen molar-refractivity contribution < 1.29 is 14.6 Å². The molecule has 0 unspecified atom stereocenters. The van der Waals surface area contributed by atoms with E-state index in [9.17, 15) is 5.11 Å². The van der Waals surface area contributed by atoms with Crippen LogP contribution in [0.5, 0.6) is 0 Å². The Balaban J connectivity index is 4.08. The Morgan fingerprint density at radius 3 is 2.52 bits per heavy atom. The van der Waals surface area contributed by atoms with E-state index in [1.165, 1.54) is 0 Å². The highest BCUT2D eigenvalue weighted by atomic mass is 16.5. The lowest BCUT2D eigenvalue weighted by Gasteiger charge is -2.22. The number of methoxy groups -OCH3 is 1. The van der Waals surface area contributed by atoms with Crippen molar-refractivity contribution in [3.05, 3.63) is 49.1 Å². The van der Waals surface area contributed by atoms with Crippen LogP contribution in [0.3, 0.4) is 0 Å². The molecule has 3 heteroatoms. The van der Waals surface area contributed by atoms with Gasteiger partial charge < -0.3 is 14.6 Å². The van der Waals surface area contributed by atoms with E-state index in [0.29, 0.717) is 13.2 Å². The van der Waals surface area contributed by atoms with Crippen LogP contribution in [0.4, 0.5) is 0 Å². The van der Waals surface area contributed by atoms with Crippen LogP contribution in [0, 0.1) is 5.92 Å². The molecule has 0 aromatic rings. The lowest BCUT2D eigenvalue weighted by Crippen LogP contribution is -2.31. The van der Waals surface area contributed by atoms with E-state index < -0.39 is 6.10 Å². The molecule has 0 aliphatic heterocycles. The van der Waals surface area contributed by atoms with E-state index in [4.69, 9.17) is 9.47 Å². The first-order valence-corrected chi connectivity index (χ1v) is 7.41. The Hall–Kier alpha value is -1.16. The topological polar surface area (TPSA) is 38.7 Å². The van der Waals surface area contributed by atoms with Gasteiger partial charge in [-0.25, -0.2) is 0 Å². The lowest BCUT2D eigenvalue weighted by atomic mass is 9.97. The molecular formula is C18H30O3. The van der Waals surface area contributed by atoms with Gasteiger partial charge in [0, 0.05) is 13.0 Å². The van der Waals surface area contributed by atoms with E-state index in [0.717, 1.165) is 18.4 Å². The predicted octanol–water partition coefficient (Wildman–Crippen LogP) is 3.67. The highest BCUT2D eigenvalue weighted by Crippen LogP contribution is 2.14. The van der Waals surface area contributed by atoms with Crippen molar-refractivity contribution in [1.29, 1.82) is 0 Å². The molecule has 0 amide bonds. The summed E-state index contributed by atoms with van der Waals surface area (Å²) in [5.41, 5.74) is 1.10. The van der Waals surface area contributed by atoms with Gasteiger partial charge in [-0.15, -0.1) is 13.2 Å². The third-order valence-corrected chi connectivity index (χ3v) is 3.18. The summed E-state index contributed by atoms with van der Waals surface area (Å²) in [6.07, 6.45) is 10.7. The van der Waals surface area contributed by atoms with Crippen molar-refractivity contribution in [2.75, 3.05) is 20.3 Å². The molecule has 120 valence electrons. The average Bonchev–Trinajstić information content (AvgIpc) is 2.47. The number of rotatable bonds is 12. The second-order valence-corrected chi connectivity index (χ2v) is 5.15. The van der Waals surface area contributed by atoms with Crippen molar-refractivity contribution in [2.24, 2.45) is 5.92 Å². The summed E-state index contributed by atoms with van der Waals surface area (Å²) < 4.78 is 10.7. The molecule has 0 radical (unpaired) electrons. The normalized spacial score (nSPS) is 16.7. The third kappa shape index (κ3) is 9.40. The van der Waals surface area contributed by atoms with Gasteiger partial charge in [-0.1, -0.05) is 42.9 Å². The minimum absolute atomic E-state index is 0.0142. The zero-order chi connectivity index (χ0) is 16.1. The first-order valence-electron chi connectivity index (χ1n) is 7.41. The highest BCUT2D eigenvalue weighted by molar-refractivity contribution is 5.04. The van der Waals surface area contributed by atoms with Gasteiger partial charge in [0.05, 0.1) is 19.3 Å². The summed E-state index contributed by atoms with van der Waals surface area (Å²) in [7, 11) is 1.57. The third-order valence-electron chi connectivity index (χ3n) is 3.18. The van der Waals surface area contributed by atoms with Crippen molar-refractivity contribution in [3.63, 3.8) is 0 Å². The summed E-state index contributed by atoms with van der Waals surface area (Å²) in [5.74, 6) is -0.0142. The smallest absolute Gasteiger partial charge is 0.101 e. The number of aliphatic hydroxyl groups is 1. The minimum Gasteiger partial charge on any atom is -0.389 e. The van der Waals surface area contributed by atoms with Crippen molar-refractivity contribution >= 4 is 0 Å². The van der Waals surface area contributed by atoms with Crippen LogP contribution in [0.1, 0.15) is 26.7 Å². The zero-order valence-electron chi connectivity index (χ0n) is 13.6. The summed E-state index contributed by atoms with van der Waals surface area (Å²) in [6, 6.07) is 0. The lowest BCUT2D eigenvalue weighted by molar-refractivity contribution is -0.00166. The molecule has 0 fully saturated rings. The van der Waals surface area contributed by atoms with E-state index in [1.807, 2.05) is 32.1 Å². The van der Waals surface area contributed by atoms with Gasteiger partial charge >= 0.3 is 0 Å².